The fraction of sp³-hybridized carbons (Fsp3) is 0. The summed E-state index contributed by atoms with van der Waals surface area (Å²) >= 11 is 1.09. The average molecular weight is 601 g/mol. The van der Waals surface area contributed by atoms with Crippen molar-refractivity contribution in [3.8, 4) is 39.2 Å². The lowest BCUT2D eigenvalue weighted by molar-refractivity contribution is 1.18. The zero-order valence-corrected chi connectivity index (χ0v) is 22.9. The van der Waals surface area contributed by atoms with Gasteiger partial charge in [0, 0.05) is 32.1 Å². The summed E-state index contributed by atoms with van der Waals surface area (Å²) in [6.45, 7) is 0. The molecule has 0 N–H and O–H groups in total. The monoisotopic (exact) mass is 600 g/mol. The Labute approximate surface area is 287 Å². The third-order valence-corrected chi connectivity index (χ3v) is 8.19. The van der Waals surface area contributed by atoms with Gasteiger partial charge >= 0.3 is 0 Å². The zero-order chi connectivity index (χ0) is 47.3. The van der Waals surface area contributed by atoms with Gasteiger partial charge in [-0.05, 0) is 58.6 Å². The van der Waals surface area contributed by atoms with Crippen molar-refractivity contribution in [3.63, 3.8) is 0 Å². The Morgan fingerprint density at radius 2 is 1.18 bits per heavy atom. The number of benzene rings is 6. The van der Waals surface area contributed by atoms with Crippen LogP contribution < -0.4 is 0 Å². The highest BCUT2D eigenvalue weighted by atomic mass is 32.1. The molecule has 4 heteroatoms. The van der Waals surface area contributed by atoms with E-state index in [1.807, 2.05) is 0 Å². The number of aromatic nitrogens is 3. The number of para-hydroxylation sites is 2. The van der Waals surface area contributed by atoms with Crippen LogP contribution in [0.1, 0.15) is 28.8 Å². The van der Waals surface area contributed by atoms with Gasteiger partial charge in [-0.2, -0.15) is 0 Å². The van der Waals surface area contributed by atoms with Crippen molar-refractivity contribution >= 4 is 53.4 Å². The molecule has 3 heterocycles. The lowest BCUT2D eigenvalue weighted by atomic mass is 9.99. The van der Waals surface area contributed by atoms with Crippen molar-refractivity contribution < 1.29 is 28.8 Å². The first-order valence-corrected chi connectivity index (χ1v) is 13.8. The van der Waals surface area contributed by atoms with Crippen LogP contribution >= 0.6 is 11.3 Å². The minimum atomic E-state index is -0.758. The predicted molar refractivity (Wildman–Crippen MR) is 186 cm³/mol. The second-order valence-corrected chi connectivity index (χ2v) is 10.5. The van der Waals surface area contributed by atoms with E-state index < -0.39 is 144 Å². The Balaban J connectivity index is 1.30. The van der Waals surface area contributed by atoms with Gasteiger partial charge in [0.05, 0.1) is 55.7 Å². The van der Waals surface area contributed by atoms with Crippen molar-refractivity contribution in [2.24, 2.45) is 0 Å². The maximum atomic E-state index is 9.60. The Hall–Kier alpha value is -5.58. The van der Waals surface area contributed by atoms with Crippen molar-refractivity contribution in [2.75, 3.05) is 0 Å². The molecular formula is C40H25N3S. The first kappa shape index (κ1) is 11.8. The van der Waals surface area contributed by atoms with Gasteiger partial charge in [-0.15, -0.1) is 11.3 Å². The Kier molecular flexibility index (Phi) is 2.69. The molecule has 0 bridgehead atoms. The Bertz CT molecular complexity index is 3560. The zero-order valence-electron chi connectivity index (χ0n) is 43.1. The van der Waals surface area contributed by atoms with Crippen LogP contribution in [0.4, 0.5) is 0 Å². The van der Waals surface area contributed by atoms with E-state index in [2.05, 4.69) is 9.97 Å². The minimum Gasteiger partial charge on any atom is -0.309 e. The SMILES string of the molecule is [2H]c1c([2H])c([2H])c(-c2c([2H])c([2H])c(-c3ccc4sc5c(-c6c([2H])c([2H])c([2H])c(-n7c8c([2H])c([2H])c([2H])c([2H])c8c8c([2H])c([2H])c([2H])c([2H])c87)c6[2H])ncnc5c4c3)c([2H])c2[2H])c([2H])c1[2H]. The van der Waals surface area contributed by atoms with Gasteiger partial charge in [0.2, 0.25) is 0 Å². The molecule has 3 aromatic heterocycles. The molecule has 0 aliphatic heterocycles. The molecule has 3 nitrogen and oxygen atoms in total. The second kappa shape index (κ2) is 10.0. The van der Waals surface area contributed by atoms with Crippen LogP contribution in [0.15, 0.2) is 151 Å². The summed E-state index contributed by atoms with van der Waals surface area (Å²) in [5.74, 6) is 0. The van der Waals surface area contributed by atoms with Crippen LogP contribution in [0, 0.1) is 0 Å². The van der Waals surface area contributed by atoms with E-state index in [1.165, 1.54) is 12.1 Å². The predicted octanol–water partition coefficient (Wildman–Crippen LogP) is 10.9. The molecule has 6 aromatic carbocycles. The molecule has 9 aromatic rings. The summed E-state index contributed by atoms with van der Waals surface area (Å²) in [7, 11) is 0. The number of hydrogen-bond donors (Lipinski definition) is 0. The van der Waals surface area contributed by atoms with E-state index in [0.717, 1.165) is 22.2 Å². The first-order chi connectivity index (χ1) is 30.6. The van der Waals surface area contributed by atoms with E-state index in [0.29, 0.717) is 10.1 Å². The number of fused-ring (bicyclic) bond motifs is 6. The summed E-state index contributed by atoms with van der Waals surface area (Å²) < 4.78 is 184. The van der Waals surface area contributed by atoms with E-state index in [9.17, 15) is 1.37 Å². The molecule has 0 aliphatic rings. The molecule has 9 rings (SSSR count). The van der Waals surface area contributed by atoms with Gasteiger partial charge in [0.1, 0.15) is 6.33 Å². The van der Waals surface area contributed by atoms with Crippen LogP contribution in [0.3, 0.4) is 0 Å². The fourth-order valence-corrected chi connectivity index (χ4v) is 6.21. The minimum absolute atomic E-state index is 0.0701. The van der Waals surface area contributed by atoms with E-state index >= 15 is 0 Å². The highest BCUT2D eigenvalue weighted by Crippen LogP contribution is 2.40. The maximum Gasteiger partial charge on any atom is 0.116 e. The summed E-state index contributed by atoms with van der Waals surface area (Å²) in [5, 5.41) is -0.223. The lowest BCUT2D eigenvalue weighted by Crippen LogP contribution is -1.95. The molecule has 0 fully saturated rings. The van der Waals surface area contributed by atoms with Gasteiger partial charge in [0.25, 0.3) is 0 Å². The lowest BCUT2D eigenvalue weighted by Gasteiger charge is -2.10. The molecule has 0 saturated heterocycles. The normalized spacial score (nSPS) is 18.3. The molecule has 0 unspecified atom stereocenters. The number of thiophene rings is 1. The quantitative estimate of drug-likeness (QED) is 0.201. The van der Waals surface area contributed by atoms with Crippen molar-refractivity contribution in [1.82, 2.24) is 14.5 Å². The molecular weight excluding hydrogens is 555 g/mol. The Morgan fingerprint density at radius 1 is 0.545 bits per heavy atom. The van der Waals surface area contributed by atoms with Gasteiger partial charge in [-0.3, -0.25) is 0 Å². The van der Waals surface area contributed by atoms with E-state index in [4.69, 9.17) is 27.4 Å². The third kappa shape index (κ3) is 3.96. The van der Waals surface area contributed by atoms with Crippen molar-refractivity contribution in [1.29, 1.82) is 0 Å². The summed E-state index contributed by atoms with van der Waals surface area (Å²) in [6.07, 6.45) is 1.12. The van der Waals surface area contributed by atoms with Crippen LogP contribution in [-0.4, -0.2) is 14.5 Å². The smallest absolute Gasteiger partial charge is 0.116 e. The molecule has 0 aliphatic carbocycles. The highest BCUT2D eigenvalue weighted by Gasteiger charge is 2.16. The molecule has 0 atom stereocenters. The van der Waals surface area contributed by atoms with Gasteiger partial charge in [-0.1, -0.05) is 109 Å². The van der Waals surface area contributed by atoms with E-state index in [1.54, 1.807) is 6.07 Å². The highest BCUT2D eigenvalue weighted by molar-refractivity contribution is 7.26. The fourth-order valence-electron chi connectivity index (χ4n) is 5.08. The summed E-state index contributed by atoms with van der Waals surface area (Å²) in [4.78, 5) is 8.87. The summed E-state index contributed by atoms with van der Waals surface area (Å²) in [5.41, 5.74) is -2.43. The summed E-state index contributed by atoms with van der Waals surface area (Å²) in [6, 6.07) is -9.58. The molecule has 44 heavy (non-hydrogen) atoms. The van der Waals surface area contributed by atoms with Gasteiger partial charge in [0.15, 0.2) is 0 Å². The maximum absolute atomic E-state index is 9.60. The number of nitrogens with zero attached hydrogens (tertiary/aromatic N) is 3. The van der Waals surface area contributed by atoms with E-state index in [-0.39, 0.29) is 54.4 Å². The standard InChI is InChI=1S/C40H25N3S/c1-2-9-26(10-3-1)27-17-19-28(20-18-27)29-21-22-37-34(24-29)39-40(44-37)38(41-25-42-39)30-11-8-12-31(23-30)43-35-15-6-4-13-32(35)33-14-5-7-16-36(33)43/h1-25H/i1D,2D,3D,4D,5D,6D,7D,8D,9D,10D,11D,12D,13D,14D,15D,16D,17D,18D,19D,20D,23D. The topological polar surface area (TPSA) is 30.7 Å². The van der Waals surface area contributed by atoms with Crippen LogP contribution in [0.25, 0.3) is 81.3 Å². The molecule has 206 valence electrons. The number of rotatable bonds is 4. The van der Waals surface area contributed by atoms with Gasteiger partial charge in [-0.25, -0.2) is 9.97 Å². The third-order valence-electron chi connectivity index (χ3n) is 7.02. The number of hydrogen-bond acceptors (Lipinski definition) is 3. The largest absolute Gasteiger partial charge is 0.309 e. The van der Waals surface area contributed by atoms with Crippen molar-refractivity contribution in [3.05, 3.63) is 151 Å². The average Bonchev–Trinajstić information content (AvgIpc) is 3.84. The van der Waals surface area contributed by atoms with Gasteiger partial charge < -0.3 is 4.57 Å². The molecule has 0 saturated carbocycles. The molecule has 0 amide bonds. The van der Waals surface area contributed by atoms with Crippen molar-refractivity contribution in [2.45, 2.75) is 0 Å². The molecule has 0 radical (unpaired) electrons. The van der Waals surface area contributed by atoms with Crippen LogP contribution in [0.2, 0.25) is 0 Å². The second-order valence-electron chi connectivity index (χ2n) is 9.47. The van der Waals surface area contributed by atoms with Crippen LogP contribution in [0.5, 0.6) is 0 Å². The van der Waals surface area contributed by atoms with Crippen LogP contribution in [-0.2, 0) is 0 Å². The first-order valence-electron chi connectivity index (χ1n) is 23.5. The Morgan fingerprint density at radius 3 is 1.93 bits per heavy atom. The molecule has 0 spiro atoms.